The molecule has 1 aliphatic rings. The molecule has 1 saturated heterocycles. The minimum absolute atomic E-state index is 0.0166. The Hall–Kier alpha value is -3.61. The molecule has 30 heavy (non-hydrogen) atoms. The highest BCUT2D eigenvalue weighted by atomic mass is 16.2. The largest absolute Gasteiger partial charge is 0.329 e. The molecule has 1 aromatic carbocycles. The smallest absolute Gasteiger partial charge is 0.247 e. The molecule has 2 aromatic heterocycles. The maximum atomic E-state index is 13.0. The van der Waals surface area contributed by atoms with Crippen LogP contribution in [0.1, 0.15) is 42.4 Å². The second-order valence-electron chi connectivity index (χ2n) is 7.26. The van der Waals surface area contributed by atoms with Gasteiger partial charge in [0.25, 0.3) is 0 Å². The summed E-state index contributed by atoms with van der Waals surface area (Å²) < 4.78 is 0. The molecule has 0 spiro atoms. The number of amides is 1. The SMILES string of the molecule is Cc1cc(Nc2cnccn2)nc([C@H]2CCCCN2C(=O)/C=C/c2ccccc2)n1. The van der Waals surface area contributed by atoms with Gasteiger partial charge in [-0.15, -0.1) is 0 Å². The molecule has 0 bridgehead atoms. The van der Waals surface area contributed by atoms with E-state index < -0.39 is 0 Å². The van der Waals surface area contributed by atoms with Crippen molar-refractivity contribution in [1.29, 1.82) is 0 Å². The predicted molar refractivity (Wildman–Crippen MR) is 116 cm³/mol. The maximum absolute atomic E-state index is 13.0. The lowest BCUT2D eigenvalue weighted by atomic mass is 10.0. The molecule has 1 N–H and O–H groups in total. The van der Waals surface area contributed by atoms with Gasteiger partial charge in [0.2, 0.25) is 5.91 Å². The topological polar surface area (TPSA) is 83.9 Å². The Morgan fingerprint density at radius 3 is 2.80 bits per heavy atom. The lowest BCUT2D eigenvalue weighted by Gasteiger charge is -2.34. The van der Waals surface area contributed by atoms with Crippen molar-refractivity contribution < 1.29 is 4.79 Å². The summed E-state index contributed by atoms with van der Waals surface area (Å²) >= 11 is 0. The van der Waals surface area contributed by atoms with Gasteiger partial charge in [0, 0.05) is 36.8 Å². The quantitative estimate of drug-likeness (QED) is 0.650. The molecule has 0 unspecified atom stereocenters. The number of likely N-dealkylation sites (tertiary alicyclic amines) is 1. The first-order valence-electron chi connectivity index (χ1n) is 10.1. The Balaban J connectivity index is 1.56. The van der Waals surface area contributed by atoms with Crippen LogP contribution in [0.3, 0.4) is 0 Å². The number of piperidine rings is 1. The van der Waals surface area contributed by atoms with E-state index in [-0.39, 0.29) is 11.9 Å². The fourth-order valence-electron chi connectivity index (χ4n) is 3.59. The van der Waals surface area contributed by atoms with Gasteiger partial charge in [-0.1, -0.05) is 30.3 Å². The molecule has 0 radical (unpaired) electrons. The number of rotatable bonds is 5. The van der Waals surface area contributed by atoms with E-state index in [1.165, 1.54) is 0 Å². The van der Waals surface area contributed by atoms with Crippen LogP contribution in [0.4, 0.5) is 11.6 Å². The fourth-order valence-corrected chi connectivity index (χ4v) is 3.59. The van der Waals surface area contributed by atoms with E-state index >= 15 is 0 Å². The molecule has 3 heterocycles. The number of benzene rings is 1. The van der Waals surface area contributed by atoms with E-state index in [1.807, 2.05) is 54.3 Å². The Kier molecular flexibility index (Phi) is 6.08. The molecule has 4 rings (SSSR count). The van der Waals surface area contributed by atoms with Crippen LogP contribution in [0.2, 0.25) is 0 Å². The molecular weight excluding hydrogens is 376 g/mol. The first-order chi connectivity index (χ1) is 14.7. The standard InChI is InChI=1S/C23H24N6O/c1-17-15-20(27-21-16-24-12-13-25-21)28-23(26-17)19-9-5-6-14-29(19)22(30)11-10-18-7-3-2-4-8-18/h2-4,7-8,10-13,15-16,19H,5-6,9,14H2,1H3,(H,25,26,27,28)/b11-10+/t19-/m1/s1. The molecule has 0 saturated carbocycles. The molecule has 0 aliphatic carbocycles. The van der Waals surface area contributed by atoms with Gasteiger partial charge in [0.05, 0.1) is 12.2 Å². The van der Waals surface area contributed by atoms with Gasteiger partial charge >= 0.3 is 0 Å². The first kappa shape index (κ1) is 19.7. The number of hydrogen-bond acceptors (Lipinski definition) is 6. The lowest BCUT2D eigenvalue weighted by molar-refractivity contribution is -0.129. The summed E-state index contributed by atoms with van der Waals surface area (Å²) in [5, 5.41) is 3.17. The van der Waals surface area contributed by atoms with E-state index in [0.29, 0.717) is 24.0 Å². The number of anilines is 2. The van der Waals surface area contributed by atoms with Crippen LogP contribution in [-0.4, -0.2) is 37.3 Å². The summed E-state index contributed by atoms with van der Waals surface area (Å²) in [7, 11) is 0. The molecule has 7 nitrogen and oxygen atoms in total. The number of aromatic nitrogens is 4. The predicted octanol–water partition coefficient (Wildman–Crippen LogP) is 4.09. The zero-order valence-corrected chi connectivity index (χ0v) is 16.9. The average Bonchev–Trinajstić information content (AvgIpc) is 2.78. The number of nitrogens with one attached hydrogen (secondary N) is 1. The normalized spacial score (nSPS) is 16.6. The fraction of sp³-hybridized carbons (Fsp3) is 0.261. The van der Waals surface area contributed by atoms with Crippen LogP contribution in [0.5, 0.6) is 0 Å². The Morgan fingerprint density at radius 1 is 1.13 bits per heavy atom. The van der Waals surface area contributed by atoms with Crippen LogP contribution < -0.4 is 5.32 Å². The molecule has 1 atom stereocenters. The van der Waals surface area contributed by atoms with Crippen molar-refractivity contribution in [2.24, 2.45) is 0 Å². The van der Waals surface area contributed by atoms with E-state index in [9.17, 15) is 4.79 Å². The average molecular weight is 400 g/mol. The third-order valence-electron chi connectivity index (χ3n) is 4.99. The van der Waals surface area contributed by atoms with Gasteiger partial charge in [-0.2, -0.15) is 0 Å². The Labute approximate surface area is 175 Å². The van der Waals surface area contributed by atoms with Gasteiger partial charge in [-0.3, -0.25) is 9.78 Å². The second-order valence-corrected chi connectivity index (χ2v) is 7.26. The summed E-state index contributed by atoms with van der Waals surface area (Å²) in [5.41, 5.74) is 1.84. The molecule has 3 aromatic rings. The number of carbonyl (C=O) groups excluding carboxylic acids is 1. The third kappa shape index (κ3) is 4.86. The van der Waals surface area contributed by atoms with Gasteiger partial charge in [-0.05, 0) is 37.8 Å². The zero-order chi connectivity index (χ0) is 20.8. The van der Waals surface area contributed by atoms with Gasteiger partial charge in [0.15, 0.2) is 5.82 Å². The van der Waals surface area contributed by atoms with Gasteiger partial charge < -0.3 is 10.2 Å². The number of aryl methyl sites for hydroxylation is 1. The Bertz CT molecular complexity index is 1020. The van der Waals surface area contributed by atoms with Crippen molar-refractivity contribution in [3.05, 3.63) is 78.1 Å². The summed E-state index contributed by atoms with van der Waals surface area (Å²) in [6, 6.07) is 11.6. The van der Waals surface area contributed by atoms with Crippen molar-refractivity contribution in [2.75, 3.05) is 11.9 Å². The molecule has 1 fully saturated rings. The number of hydrogen-bond donors (Lipinski definition) is 1. The van der Waals surface area contributed by atoms with Gasteiger partial charge in [-0.25, -0.2) is 15.0 Å². The summed E-state index contributed by atoms with van der Waals surface area (Å²) in [5.74, 6) is 1.90. The maximum Gasteiger partial charge on any atom is 0.247 e. The van der Waals surface area contributed by atoms with Crippen LogP contribution in [0.25, 0.3) is 6.08 Å². The molecule has 1 aliphatic heterocycles. The second kappa shape index (κ2) is 9.26. The summed E-state index contributed by atoms with van der Waals surface area (Å²) in [6.07, 6.45) is 11.3. The molecular formula is C23H24N6O. The molecule has 1 amide bonds. The van der Waals surface area contributed by atoms with E-state index in [2.05, 4.69) is 20.3 Å². The monoisotopic (exact) mass is 400 g/mol. The minimum Gasteiger partial charge on any atom is -0.329 e. The third-order valence-corrected chi connectivity index (χ3v) is 4.99. The van der Waals surface area contributed by atoms with Crippen LogP contribution in [-0.2, 0) is 4.79 Å². The minimum atomic E-state index is -0.144. The van der Waals surface area contributed by atoms with Crippen molar-refractivity contribution in [3.8, 4) is 0 Å². The number of carbonyl (C=O) groups is 1. The lowest BCUT2D eigenvalue weighted by Crippen LogP contribution is -2.38. The highest BCUT2D eigenvalue weighted by Gasteiger charge is 2.29. The van der Waals surface area contributed by atoms with Crippen molar-refractivity contribution in [1.82, 2.24) is 24.8 Å². The number of nitrogens with zero attached hydrogens (tertiary/aromatic N) is 5. The summed E-state index contributed by atoms with van der Waals surface area (Å²) in [6.45, 7) is 2.63. The van der Waals surface area contributed by atoms with Gasteiger partial charge in [0.1, 0.15) is 11.6 Å². The van der Waals surface area contributed by atoms with Crippen molar-refractivity contribution in [3.63, 3.8) is 0 Å². The first-order valence-corrected chi connectivity index (χ1v) is 10.1. The van der Waals surface area contributed by atoms with E-state index in [0.717, 1.165) is 30.5 Å². The van der Waals surface area contributed by atoms with Crippen molar-refractivity contribution >= 4 is 23.6 Å². The summed E-state index contributed by atoms with van der Waals surface area (Å²) in [4.78, 5) is 32.5. The molecule has 7 heteroatoms. The molecule has 152 valence electrons. The highest BCUT2D eigenvalue weighted by molar-refractivity contribution is 5.92. The Morgan fingerprint density at radius 2 is 2.00 bits per heavy atom. The zero-order valence-electron chi connectivity index (χ0n) is 16.9. The van der Waals surface area contributed by atoms with E-state index in [1.54, 1.807) is 24.7 Å². The van der Waals surface area contributed by atoms with Crippen LogP contribution in [0.15, 0.2) is 61.1 Å². The van der Waals surface area contributed by atoms with Crippen LogP contribution in [0, 0.1) is 6.92 Å². The van der Waals surface area contributed by atoms with Crippen molar-refractivity contribution in [2.45, 2.75) is 32.2 Å². The highest BCUT2D eigenvalue weighted by Crippen LogP contribution is 2.30. The van der Waals surface area contributed by atoms with E-state index in [4.69, 9.17) is 4.98 Å². The van der Waals surface area contributed by atoms with Crippen LogP contribution >= 0.6 is 0 Å².